The molecule has 7 heteroatoms. The van der Waals surface area contributed by atoms with Crippen molar-refractivity contribution in [1.29, 1.82) is 0 Å². The molecule has 2 aromatic rings. The predicted molar refractivity (Wildman–Crippen MR) is 107 cm³/mol. The molecule has 2 aromatic carbocycles. The summed E-state index contributed by atoms with van der Waals surface area (Å²) in [5, 5.41) is 0.00787. The second kappa shape index (κ2) is 7.80. The van der Waals surface area contributed by atoms with Gasteiger partial charge in [-0.25, -0.2) is 8.42 Å². The number of carbonyl (C=O) groups excluding carboxylic acids is 2. The van der Waals surface area contributed by atoms with Gasteiger partial charge in [0.1, 0.15) is 0 Å². The molecule has 0 heterocycles. The van der Waals surface area contributed by atoms with Crippen molar-refractivity contribution < 1.29 is 18.0 Å². The lowest BCUT2D eigenvalue weighted by Crippen LogP contribution is -2.07. The van der Waals surface area contributed by atoms with Crippen LogP contribution in [-0.4, -0.2) is 20.0 Å². The maximum absolute atomic E-state index is 12.8. The number of hydrogen-bond donors (Lipinski definition) is 0. The van der Waals surface area contributed by atoms with Gasteiger partial charge in [-0.1, -0.05) is 36.4 Å². The number of Topliss-reactive ketones (excluding diaryl/α,β-unsaturated/α-hetero) is 2. The minimum absolute atomic E-state index is 0.00394. The van der Waals surface area contributed by atoms with E-state index in [0.717, 1.165) is 0 Å². The third-order valence-electron chi connectivity index (χ3n) is 3.77. The van der Waals surface area contributed by atoms with Gasteiger partial charge < -0.3 is 0 Å². The van der Waals surface area contributed by atoms with Crippen molar-refractivity contribution in [3.63, 3.8) is 0 Å². The van der Waals surface area contributed by atoms with E-state index in [1.807, 2.05) is 0 Å². The second-order valence-electron chi connectivity index (χ2n) is 6.01. The van der Waals surface area contributed by atoms with Gasteiger partial charge >= 0.3 is 0 Å². The number of benzene rings is 2. The largest absolute Gasteiger partial charge is 0.289 e. The van der Waals surface area contributed by atoms with Gasteiger partial charge in [-0.05, 0) is 61.4 Å². The van der Waals surface area contributed by atoms with Crippen molar-refractivity contribution in [2.45, 2.75) is 23.6 Å². The number of hydrogen-bond acceptors (Lipinski definition) is 4. The van der Waals surface area contributed by atoms with Crippen molar-refractivity contribution in [3.05, 3.63) is 81.9 Å². The molecule has 0 aliphatic heterocycles. The van der Waals surface area contributed by atoms with Gasteiger partial charge in [-0.3, -0.25) is 9.59 Å². The van der Waals surface area contributed by atoms with E-state index in [2.05, 4.69) is 13.2 Å². The number of ketones is 2. The molecule has 0 fully saturated rings. The Morgan fingerprint density at radius 1 is 0.778 bits per heavy atom. The average molecular weight is 423 g/mol. The normalized spacial score (nSPS) is 11.1. The second-order valence-corrected chi connectivity index (χ2v) is 8.77. The van der Waals surface area contributed by atoms with Gasteiger partial charge in [-0.2, -0.15) is 0 Å². The zero-order valence-electron chi connectivity index (χ0n) is 14.7. The molecule has 0 aliphatic carbocycles. The Morgan fingerprint density at radius 3 is 1.37 bits per heavy atom. The van der Waals surface area contributed by atoms with Crippen LogP contribution in [0.4, 0.5) is 0 Å². The van der Waals surface area contributed by atoms with Gasteiger partial charge in [0.2, 0.25) is 9.84 Å². The lowest BCUT2D eigenvalue weighted by Gasteiger charge is -2.10. The fraction of sp³-hybridized carbons (Fsp3) is 0.100. The van der Waals surface area contributed by atoms with Crippen LogP contribution in [-0.2, 0) is 9.84 Å². The fourth-order valence-electron chi connectivity index (χ4n) is 2.29. The summed E-state index contributed by atoms with van der Waals surface area (Å²) in [7, 11) is -3.95. The molecule has 0 amide bonds. The number of halogens is 2. The average Bonchev–Trinajstić information content (AvgIpc) is 2.60. The molecule has 0 saturated carbocycles. The Kier molecular flexibility index (Phi) is 6.10. The highest BCUT2D eigenvalue weighted by Gasteiger charge is 2.22. The lowest BCUT2D eigenvalue weighted by atomic mass is 10.1. The minimum Gasteiger partial charge on any atom is -0.289 e. The highest BCUT2D eigenvalue weighted by Crippen LogP contribution is 2.30. The Morgan fingerprint density at radius 2 is 1.11 bits per heavy atom. The summed E-state index contributed by atoms with van der Waals surface area (Å²) in [6.45, 7) is 10.2. The van der Waals surface area contributed by atoms with Crippen molar-refractivity contribution in [3.8, 4) is 0 Å². The van der Waals surface area contributed by atoms with E-state index in [-0.39, 0.29) is 53.7 Å². The van der Waals surface area contributed by atoms with Crippen LogP contribution in [0.25, 0.3) is 0 Å². The van der Waals surface area contributed by atoms with E-state index in [0.29, 0.717) is 0 Å². The molecule has 2 rings (SSSR count). The molecular weight excluding hydrogens is 407 g/mol. The Bertz CT molecular complexity index is 1020. The monoisotopic (exact) mass is 422 g/mol. The first kappa shape index (κ1) is 21.1. The maximum Gasteiger partial charge on any atom is 0.206 e. The van der Waals surface area contributed by atoms with E-state index in [4.69, 9.17) is 23.2 Å². The molecular formula is C20H16Cl2O4S. The first-order chi connectivity index (χ1) is 12.5. The van der Waals surface area contributed by atoms with Gasteiger partial charge in [0.25, 0.3) is 0 Å². The van der Waals surface area contributed by atoms with Crippen LogP contribution in [0.3, 0.4) is 0 Å². The molecule has 0 aliphatic rings. The molecule has 0 unspecified atom stereocenters. The smallest absolute Gasteiger partial charge is 0.206 e. The Labute approximate surface area is 168 Å². The molecule has 4 nitrogen and oxygen atoms in total. The zero-order valence-corrected chi connectivity index (χ0v) is 17.0. The lowest BCUT2D eigenvalue weighted by molar-refractivity contribution is 0.102. The summed E-state index contributed by atoms with van der Waals surface area (Å²) >= 11 is 12.2. The van der Waals surface area contributed by atoms with Gasteiger partial charge in [0.15, 0.2) is 11.6 Å². The summed E-state index contributed by atoms with van der Waals surface area (Å²) in [5.74, 6) is -0.732. The standard InChI is InChI=1S/C20H16Cl2O4S/c1-11(2)19(23)15-7-5-13(9-17(15)21)27(25,26)14-6-8-16(18(22)10-14)20(24)12(3)4/h5-10H,1,3H2,2,4H3. The quantitative estimate of drug-likeness (QED) is 0.464. The van der Waals surface area contributed by atoms with Gasteiger partial charge in [0, 0.05) is 11.1 Å². The van der Waals surface area contributed by atoms with Crippen molar-refractivity contribution >= 4 is 44.6 Å². The van der Waals surface area contributed by atoms with Gasteiger partial charge in [0.05, 0.1) is 19.8 Å². The molecule has 27 heavy (non-hydrogen) atoms. The van der Waals surface area contributed by atoms with Crippen LogP contribution in [0.15, 0.2) is 70.5 Å². The third kappa shape index (κ3) is 4.21. The van der Waals surface area contributed by atoms with E-state index < -0.39 is 9.84 Å². The topological polar surface area (TPSA) is 68.3 Å². The molecule has 0 saturated heterocycles. The zero-order chi connectivity index (χ0) is 20.5. The minimum atomic E-state index is -3.95. The highest BCUT2D eigenvalue weighted by atomic mass is 35.5. The van der Waals surface area contributed by atoms with Crippen molar-refractivity contribution in [2.75, 3.05) is 0 Å². The third-order valence-corrected chi connectivity index (χ3v) is 6.14. The molecule has 0 spiro atoms. The molecule has 140 valence electrons. The van der Waals surface area contributed by atoms with Crippen molar-refractivity contribution in [1.82, 2.24) is 0 Å². The van der Waals surface area contributed by atoms with Crippen LogP contribution in [0.2, 0.25) is 10.0 Å². The van der Waals surface area contributed by atoms with E-state index >= 15 is 0 Å². The van der Waals surface area contributed by atoms with Crippen LogP contribution in [0.1, 0.15) is 34.6 Å². The highest BCUT2D eigenvalue weighted by molar-refractivity contribution is 7.91. The van der Waals surface area contributed by atoms with Crippen molar-refractivity contribution in [2.24, 2.45) is 0 Å². The first-order valence-corrected chi connectivity index (χ1v) is 9.95. The number of allylic oxidation sites excluding steroid dienone is 2. The number of rotatable bonds is 6. The van der Waals surface area contributed by atoms with E-state index in [1.165, 1.54) is 36.4 Å². The maximum atomic E-state index is 12.8. The number of sulfone groups is 1. The summed E-state index contributed by atoms with van der Waals surface area (Å²) in [6.07, 6.45) is 0. The molecule has 0 N–H and O–H groups in total. The van der Waals surface area contributed by atoms with E-state index in [9.17, 15) is 18.0 Å². The first-order valence-electron chi connectivity index (χ1n) is 7.71. The summed E-state index contributed by atoms with van der Waals surface area (Å²) < 4.78 is 25.7. The SMILES string of the molecule is C=C(C)C(=O)c1ccc(S(=O)(=O)c2ccc(C(=O)C(=C)C)c(Cl)c2)cc1Cl. The summed E-state index contributed by atoms with van der Waals surface area (Å²) in [6, 6.07) is 7.66. The molecule has 0 atom stereocenters. The Balaban J connectivity index is 2.50. The van der Waals surface area contributed by atoms with Crippen LogP contribution in [0.5, 0.6) is 0 Å². The summed E-state index contributed by atoms with van der Waals surface area (Å²) in [4.78, 5) is 23.8. The van der Waals surface area contributed by atoms with E-state index in [1.54, 1.807) is 13.8 Å². The van der Waals surface area contributed by atoms with Gasteiger partial charge in [-0.15, -0.1) is 0 Å². The number of carbonyl (C=O) groups is 2. The summed E-state index contributed by atoms with van der Waals surface area (Å²) in [5.41, 5.74) is 0.918. The molecule has 0 aromatic heterocycles. The fourth-order valence-corrected chi connectivity index (χ4v) is 4.26. The Hall–Kier alpha value is -2.21. The molecule has 0 radical (unpaired) electrons. The predicted octanol–water partition coefficient (Wildman–Crippen LogP) is 5.34. The van der Waals surface area contributed by atoms with Crippen LogP contribution < -0.4 is 0 Å². The molecule has 0 bridgehead atoms. The van der Waals surface area contributed by atoms with Crippen LogP contribution in [0, 0.1) is 0 Å². The van der Waals surface area contributed by atoms with Crippen LogP contribution >= 0.6 is 23.2 Å².